The zero-order chi connectivity index (χ0) is 11.5. The number of methoxy groups -OCH3 is 1. The van der Waals surface area contributed by atoms with Gasteiger partial charge in [-0.05, 0) is 0 Å². The Morgan fingerprint density at radius 3 is 2.25 bits per heavy atom. The summed E-state index contributed by atoms with van der Waals surface area (Å²) in [5, 5.41) is 0. The van der Waals surface area contributed by atoms with Crippen molar-refractivity contribution in [3.63, 3.8) is 0 Å². The van der Waals surface area contributed by atoms with E-state index in [4.69, 9.17) is 18.9 Å². The molecule has 1 aliphatic rings. The van der Waals surface area contributed by atoms with Crippen molar-refractivity contribution in [3.05, 3.63) is 0 Å². The molecule has 0 radical (unpaired) electrons. The van der Waals surface area contributed by atoms with E-state index >= 15 is 0 Å². The number of hydrogen-bond donors (Lipinski definition) is 0. The molecule has 0 amide bonds. The fourth-order valence-electron chi connectivity index (χ4n) is 1.48. The highest BCUT2D eigenvalue weighted by molar-refractivity contribution is 4.60. The molecule has 1 heterocycles. The summed E-state index contributed by atoms with van der Waals surface area (Å²) in [5.41, 5.74) is 0. The van der Waals surface area contributed by atoms with Crippen LogP contribution in [0.1, 0.15) is 0 Å². The summed E-state index contributed by atoms with van der Waals surface area (Å²) in [6, 6.07) is 0. The minimum Gasteiger partial charge on any atom is -0.382 e. The Balaban J connectivity index is 1.77. The highest BCUT2D eigenvalue weighted by atomic mass is 16.5. The van der Waals surface area contributed by atoms with Crippen LogP contribution in [0.5, 0.6) is 0 Å². The van der Waals surface area contributed by atoms with E-state index in [1.54, 1.807) is 7.11 Å². The van der Waals surface area contributed by atoms with Crippen LogP contribution in [0.15, 0.2) is 0 Å². The molecule has 0 unspecified atom stereocenters. The lowest BCUT2D eigenvalue weighted by Gasteiger charge is -2.26. The summed E-state index contributed by atoms with van der Waals surface area (Å²) >= 11 is 0. The molecule has 1 fully saturated rings. The second-order valence-electron chi connectivity index (χ2n) is 3.67. The molecule has 5 nitrogen and oxygen atoms in total. The molecule has 0 bridgehead atoms. The number of rotatable bonds is 9. The average molecular weight is 233 g/mol. The van der Waals surface area contributed by atoms with Crippen molar-refractivity contribution >= 4 is 0 Å². The maximum atomic E-state index is 5.47. The minimum atomic E-state index is 0.642. The van der Waals surface area contributed by atoms with E-state index in [1.807, 2.05) is 0 Å². The van der Waals surface area contributed by atoms with Gasteiger partial charge in [0.15, 0.2) is 0 Å². The van der Waals surface area contributed by atoms with Gasteiger partial charge in [0.2, 0.25) is 0 Å². The van der Waals surface area contributed by atoms with Crippen molar-refractivity contribution < 1.29 is 18.9 Å². The lowest BCUT2D eigenvalue weighted by molar-refractivity contribution is 0.00165. The largest absolute Gasteiger partial charge is 0.382 e. The van der Waals surface area contributed by atoms with Crippen molar-refractivity contribution in [2.24, 2.45) is 0 Å². The van der Waals surface area contributed by atoms with Crippen LogP contribution in [0.2, 0.25) is 0 Å². The lowest BCUT2D eigenvalue weighted by Crippen LogP contribution is -2.38. The quantitative estimate of drug-likeness (QED) is 0.524. The zero-order valence-corrected chi connectivity index (χ0v) is 10.2. The predicted molar refractivity (Wildman–Crippen MR) is 60.8 cm³/mol. The molecule has 0 aromatic heterocycles. The highest BCUT2D eigenvalue weighted by Crippen LogP contribution is 1.95. The van der Waals surface area contributed by atoms with Gasteiger partial charge in [0.25, 0.3) is 0 Å². The first kappa shape index (κ1) is 13.9. The minimum absolute atomic E-state index is 0.642. The van der Waals surface area contributed by atoms with Crippen LogP contribution in [0.4, 0.5) is 0 Å². The predicted octanol–water partition coefficient (Wildman–Crippen LogP) is -0.00180. The smallest absolute Gasteiger partial charge is 0.0701 e. The van der Waals surface area contributed by atoms with E-state index < -0.39 is 0 Å². The van der Waals surface area contributed by atoms with E-state index in [1.165, 1.54) is 0 Å². The molecule has 0 spiro atoms. The van der Waals surface area contributed by atoms with Gasteiger partial charge in [-0.1, -0.05) is 0 Å². The Bertz CT molecular complexity index is 151. The van der Waals surface area contributed by atoms with Crippen molar-refractivity contribution in [1.29, 1.82) is 0 Å². The summed E-state index contributed by atoms with van der Waals surface area (Å²) < 4.78 is 20.9. The van der Waals surface area contributed by atoms with Gasteiger partial charge in [-0.3, -0.25) is 4.90 Å². The van der Waals surface area contributed by atoms with Gasteiger partial charge in [-0.15, -0.1) is 0 Å². The van der Waals surface area contributed by atoms with Gasteiger partial charge in [0.05, 0.1) is 46.2 Å². The van der Waals surface area contributed by atoms with E-state index in [-0.39, 0.29) is 0 Å². The molecular weight excluding hydrogens is 210 g/mol. The molecule has 0 saturated carbocycles. The molecule has 1 saturated heterocycles. The first-order valence-electron chi connectivity index (χ1n) is 5.88. The van der Waals surface area contributed by atoms with Gasteiger partial charge >= 0.3 is 0 Å². The molecule has 5 heteroatoms. The van der Waals surface area contributed by atoms with Gasteiger partial charge in [-0.2, -0.15) is 0 Å². The Morgan fingerprint density at radius 2 is 1.56 bits per heavy atom. The number of morpholine rings is 1. The Hall–Kier alpha value is -0.200. The van der Waals surface area contributed by atoms with Crippen LogP contribution in [0.3, 0.4) is 0 Å². The summed E-state index contributed by atoms with van der Waals surface area (Å²) in [4.78, 5) is 2.36. The molecule has 1 rings (SSSR count). The second kappa shape index (κ2) is 9.99. The van der Waals surface area contributed by atoms with E-state index in [9.17, 15) is 0 Å². The van der Waals surface area contributed by atoms with Crippen molar-refractivity contribution in [3.8, 4) is 0 Å². The fraction of sp³-hybridized carbons (Fsp3) is 1.00. The van der Waals surface area contributed by atoms with E-state index in [0.29, 0.717) is 26.4 Å². The Morgan fingerprint density at radius 1 is 0.938 bits per heavy atom. The van der Waals surface area contributed by atoms with Crippen molar-refractivity contribution in [2.75, 3.05) is 73.0 Å². The zero-order valence-electron chi connectivity index (χ0n) is 10.2. The van der Waals surface area contributed by atoms with Gasteiger partial charge in [0.1, 0.15) is 0 Å². The summed E-state index contributed by atoms with van der Waals surface area (Å²) in [7, 11) is 1.67. The van der Waals surface area contributed by atoms with Crippen LogP contribution in [0, 0.1) is 0 Å². The molecule has 16 heavy (non-hydrogen) atoms. The number of hydrogen-bond acceptors (Lipinski definition) is 5. The second-order valence-corrected chi connectivity index (χ2v) is 3.67. The third-order valence-electron chi connectivity index (χ3n) is 2.46. The van der Waals surface area contributed by atoms with Gasteiger partial charge in [-0.25, -0.2) is 0 Å². The standard InChI is InChI=1S/C11H23NO4/c1-13-8-9-16-11-10-15-7-4-12-2-5-14-6-3-12/h2-11H2,1H3. The first-order valence-corrected chi connectivity index (χ1v) is 5.88. The Labute approximate surface area is 97.6 Å². The third kappa shape index (κ3) is 7.14. The van der Waals surface area contributed by atoms with Crippen LogP contribution in [0.25, 0.3) is 0 Å². The SMILES string of the molecule is COCCOCCOCCN1CCOCC1. The maximum Gasteiger partial charge on any atom is 0.0701 e. The molecule has 0 atom stereocenters. The molecular formula is C11H23NO4. The lowest BCUT2D eigenvalue weighted by atomic mass is 10.4. The summed E-state index contributed by atoms with van der Waals surface area (Å²) in [6.45, 7) is 8.09. The maximum absolute atomic E-state index is 5.47. The molecule has 0 N–H and O–H groups in total. The molecule has 96 valence electrons. The highest BCUT2D eigenvalue weighted by Gasteiger charge is 2.08. The molecule has 0 aromatic carbocycles. The number of ether oxygens (including phenoxy) is 4. The normalized spacial score (nSPS) is 17.8. The topological polar surface area (TPSA) is 40.2 Å². The summed E-state index contributed by atoms with van der Waals surface area (Å²) in [6.07, 6.45) is 0. The van der Waals surface area contributed by atoms with Crippen LogP contribution in [-0.2, 0) is 18.9 Å². The fourth-order valence-corrected chi connectivity index (χ4v) is 1.48. The first-order chi connectivity index (χ1) is 7.93. The van der Waals surface area contributed by atoms with Crippen LogP contribution >= 0.6 is 0 Å². The van der Waals surface area contributed by atoms with Crippen LogP contribution in [-0.4, -0.2) is 77.9 Å². The monoisotopic (exact) mass is 233 g/mol. The van der Waals surface area contributed by atoms with Gasteiger partial charge < -0.3 is 18.9 Å². The van der Waals surface area contributed by atoms with E-state index in [0.717, 1.165) is 39.5 Å². The average Bonchev–Trinajstić information content (AvgIpc) is 2.34. The Kier molecular flexibility index (Phi) is 8.65. The van der Waals surface area contributed by atoms with Crippen molar-refractivity contribution in [2.45, 2.75) is 0 Å². The number of nitrogens with zero attached hydrogens (tertiary/aromatic N) is 1. The van der Waals surface area contributed by atoms with E-state index in [2.05, 4.69) is 4.90 Å². The van der Waals surface area contributed by atoms with Crippen LogP contribution < -0.4 is 0 Å². The molecule has 0 aliphatic carbocycles. The summed E-state index contributed by atoms with van der Waals surface area (Å²) in [5.74, 6) is 0. The molecule has 0 aromatic rings. The van der Waals surface area contributed by atoms with Crippen molar-refractivity contribution in [1.82, 2.24) is 4.90 Å². The van der Waals surface area contributed by atoms with Gasteiger partial charge in [0, 0.05) is 26.7 Å². The third-order valence-corrected chi connectivity index (χ3v) is 2.46. The molecule has 1 aliphatic heterocycles.